The van der Waals surface area contributed by atoms with Crippen molar-refractivity contribution in [1.82, 2.24) is 5.32 Å². The standard InChI is InChI=1S/C18H20FNO/c1-2-20-12-14-6-7-15(19)11-18(14)13-4-3-5-17(10-13)21-16-8-9-16/h3-7,10-11,16,20H,2,8-9,12H2,1H3. The van der Waals surface area contributed by atoms with E-state index in [0.29, 0.717) is 6.10 Å². The summed E-state index contributed by atoms with van der Waals surface area (Å²) in [5.74, 6) is 0.660. The molecule has 0 atom stereocenters. The lowest BCUT2D eigenvalue weighted by molar-refractivity contribution is 0.303. The molecule has 1 aliphatic carbocycles. The van der Waals surface area contributed by atoms with Crippen LogP contribution in [0.3, 0.4) is 0 Å². The number of rotatable bonds is 6. The number of hydrogen-bond acceptors (Lipinski definition) is 2. The van der Waals surface area contributed by atoms with Crippen LogP contribution in [0.2, 0.25) is 0 Å². The van der Waals surface area contributed by atoms with E-state index in [1.54, 1.807) is 6.07 Å². The van der Waals surface area contributed by atoms with E-state index < -0.39 is 0 Å². The maximum absolute atomic E-state index is 13.6. The van der Waals surface area contributed by atoms with Gasteiger partial charge in [0.25, 0.3) is 0 Å². The Hall–Kier alpha value is -1.87. The number of ether oxygens (including phenoxy) is 1. The van der Waals surface area contributed by atoms with Gasteiger partial charge in [0.05, 0.1) is 6.10 Å². The molecule has 0 radical (unpaired) electrons. The average molecular weight is 285 g/mol. The van der Waals surface area contributed by atoms with Crippen LogP contribution < -0.4 is 10.1 Å². The van der Waals surface area contributed by atoms with Crippen LogP contribution in [0.5, 0.6) is 5.75 Å². The van der Waals surface area contributed by atoms with Gasteiger partial charge in [-0.1, -0.05) is 25.1 Å². The van der Waals surface area contributed by atoms with Gasteiger partial charge in [-0.25, -0.2) is 4.39 Å². The molecule has 0 heterocycles. The van der Waals surface area contributed by atoms with Crippen LogP contribution in [0.25, 0.3) is 11.1 Å². The predicted octanol–water partition coefficient (Wildman–Crippen LogP) is 4.14. The van der Waals surface area contributed by atoms with Gasteiger partial charge >= 0.3 is 0 Å². The van der Waals surface area contributed by atoms with Crippen LogP contribution in [0, 0.1) is 5.82 Å². The zero-order chi connectivity index (χ0) is 14.7. The smallest absolute Gasteiger partial charge is 0.123 e. The Labute approximate surface area is 125 Å². The van der Waals surface area contributed by atoms with Crippen molar-refractivity contribution in [3.05, 3.63) is 53.8 Å². The molecule has 3 heteroatoms. The van der Waals surface area contributed by atoms with Crippen molar-refractivity contribution >= 4 is 0 Å². The third-order valence-electron chi connectivity index (χ3n) is 3.61. The van der Waals surface area contributed by atoms with E-state index in [-0.39, 0.29) is 5.82 Å². The largest absolute Gasteiger partial charge is 0.490 e. The van der Waals surface area contributed by atoms with Crippen LogP contribution >= 0.6 is 0 Å². The van der Waals surface area contributed by atoms with E-state index in [4.69, 9.17) is 4.74 Å². The minimum atomic E-state index is -0.209. The van der Waals surface area contributed by atoms with Gasteiger partial charge in [0, 0.05) is 6.54 Å². The Bertz CT molecular complexity index is 622. The third kappa shape index (κ3) is 3.61. The van der Waals surface area contributed by atoms with Crippen molar-refractivity contribution < 1.29 is 9.13 Å². The van der Waals surface area contributed by atoms with Gasteiger partial charge in [-0.15, -0.1) is 0 Å². The minimum absolute atomic E-state index is 0.209. The molecule has 1 fully saturated rings. The lowest BCUT2D eigenvalue weighted by atomic mass is 9.99. The van der Waals surface area contributed by atoms with Crippen molar-refractivity contribution in [1.29, 1.82) is 0 Å². The second-order valence-electron chi connectivity index (χ2n) is 5.43. The first-order chi connectivity index (χ1) is 10.3. The van der Waals surface area contributed by atoms with Crippen molar-refractivity contribution in [3.63, 3.8) is 0 Å². The van der Waals surface area contributed by atoms with Crippen LogP contribution in [0.4, 0.5) is 4.39 Å². The molecule has 0 spiro atoms. The lowest BCUT2D eigenvalue weighted by Crippen LogP contribution is -2.12. The molecule has 21 heavy (non-hydrogen) atoms. The number of hydrogen-bond donors (Lipinski definition) is 1. The van der Waals surface area contributed by atoms with Crippen molar-refractivity contribution in [3.8, 4) is 16.9 Å². The molecule has 0 saturated heterocycles. The Balaban J connectivity index is 1.92. The maximum Gasteiger partial charge on any atom is 0.123 e. The van der Waals surface area contributed by atoms with E-state index in [1.807, 2.05) is 30.3 Å². The summed E-state index contributed by atoms with van der Waals surface area (Å²) in [6.07, 6.45) is 2.64. The SMILES string of the molecule is CCNCc1ccc(F)cc1-c1cccc(OC2CC2)c1. The lowest BCUT2D eigenvalue weighted by Gasteiger charge is -2.12. The molecule has 1 saturated carbocycles. The first kappa shape index (κ1) is 14.1. The Morgan fingerprint density at radius 3 is 2.81 bits per heavy atom. The molecule has 110 valence electrons. The normalized spacial score (nSPS) is 14.2. The van der Waals surface area contributed by atoms with Crippen molar-refractivity contribution in [2.45, 2.75) is 32.4 Å². The van der Waals surface area contributed by atoms with E-state index in [9.17, 15) is 4.39 Å². The fraction of sp³-hybridized carbons (Fsp3) is 0.333. The molecule has 0 unspecified atom stereocenters. The van der Waals surface area contributed by atoms with E-state index >= 15 is 0 Å². The molecular formula is C18H20FNO. The zero-order valence-corrected chi connectivity index (χ0v) is 12.2. The Morgan fingerprint density at radius 2 is 2.05 bits per heavy atom. The number of nitrogens with one attached hydrogen (secondary N) is 1. The van der Waals surface area contributed by atoms with Gasteiger partial charge in [-0.3, -0.25) is 0 Å². The minimum Gasteiger partial charge on any atom is -0.490 e. The van der Waals surface area contributed by atoms with Crippen LogP contribution in [-0.2, 0) is 6.54 Å². The van der Waals surface area contributed by atoms with Gasteiger partial charge in [-0.2, -0.15) is 0 Å². The number of halogens is 1. The summed E-state index contributed by atoms with van der Waals surface area (Å²) in [5.41, 5.74) is 3.03. The van der Waals surface area contributed by atoms with Gasteiger partial charge in [0.1, 0.15) is 11.6 Å². The summed E-state index contributed by atoms with van der Waals surface area (Å²) in [6, 6.07) is 12.9. The van der Waals surface area contributed by atoms with Crippen molar-refractivity contribution in [2.24, 2.45) is 0 Å². The maximum atomic E-state index is 13.6. The molecule has 2 aromatic rings. The average Bonchev–Trinajstić information content (AvgIpc) is 3.30. The second-order valence-corrected chi connectivity index (χ2v) is 5.43. The predicted molar refractivity (Wildman–Crippen MR) is 82.9 cm³/mol. The molecule has 3 rings (SSSR count). The Morgan fingerprint density at radius 1 is 1.19 bits per heavy atom. The summed E-state index contributed by atoms with van der Waals surface area (Å²) in [5, 5.41) is 3.30. The van der Waals surface area contributed by atoms with Gasteiger partial charge in [0.15, 0.2) is 0 Å². The van der Waals surface area contributed by atoms with Crippen LogP contribution in [0.1, 0.15) is 25.3 Å². The fourth-order valence-electron chi connectivity index (χ4n) is 2.35. The fourth-order valence-corrected chi connectivity index (χ4v) is 2.35. The topological polar surface area (TPSA) is 21.3 Å². The molecule has 2 nitrogen and oxygen atoms in total. The molecule has 0 aliphatic heterocycles. The highest BCUT2D eigenvalue weighted by Crippen LogP contribution is 2.31. The van der Waals surface area contributed by atoms with E-state index in [1.165, 1.54) is 6.07 Å². The van der Waals surface area contributed by atoms with Gasteiger partial charge in [-0.05, 0) is 60.3 Å². The van der Waals surface area contributed by atoms with Gasteiger partial charge < -0.3 is 10.1 Å². The Kier molecular flexibility index (Phi) is 4.20. The summed E-state index contributed by atoms with van der Waals surface area (Å²) < 4.78 is 19.5. The van der Waals surface area contributed by atoms with E-state index in [0.717, 1.165) is 48.4 Å². The molecule has 0 aromatic heterocycles. The third-order valence-corrected chi connectivity index (χ3v) is 3.61. The van der Waals surface area contributed by atoms with Gasteiger partial charge in [0.2, 0.25) is 0 Å². The first-order valence-corrected chi connectivity index (χ1v) is 7.52. The first-order valence-electron chi connectivity index (χ1n) is 7.52. The molecule has 0 amide bonds. The van der Waals surface area contributed by atoms with Crippen LogP contribution in [0.15, 0.2) is 42.5 Å². The quantitative estimate of drug-likeness (QED) is 0.861. The molecular weight excluding hydrogens is 265 g/mol. The molecule has 0 bridgehead atoms. The van der Waals surface area contributed by atoms with Crippen LogP contribution in [-0.4, -0.2) is 12.6 Å². The summed E-state index contributed by atoms with van der Waals surface area (Å²) >= 11 is 0. The highest BCUT2D eigenvalue weighted by molar-refractivity contribution is 5.68. The monoisotopic (exact) mass is 285 g/mol. The molecule has 1 N–H and O–H groups in total. The number of benzene rings is 2. The highest BCUT2D eigenvalue weighted by atomic mass is 19.1. The second kappa shape index (κ2) is 6.27. The zero-order valence-electron chi connectivity index (χ0n) is 12.2. The molecule has 1 aliphatic rings. The highest BCUT2D eigenvalue weighted by Gasteiger charge is 2.23. The van der Waals surface area contributed by atoms with Crippen molar-refractivity contribution in [2.75, 3.05) is 6.54 Å². The summed E-state index contributed by atoms with van der Waals surface area (Å²) in [7, 11) is 0. The summed E-state index contributed by atoms with van der Waals surface area (Å²) in [4.78, 5) is 0. The molecule has 2 aromatic carbocycles. The summed E-state index contributed by atoms with van der Waals surface area (Å²) in [6.45, 7) is 3.69. The van der Waals surface area contributed by atoms with E-state index in [2.05, 4.69) is 12.2 Å².